The Hall–Kier alpha value is -0.890. The van der Waals surface area contributed by atoms with Gasteiger partial charge in [0.1, 0.15) is 5.76 Å². The Labute approximate surface area is 138 Å². The van der Waals surface area contributed by atoms with Gasteiger partial charge in [-0.25, -0.2) is 0 Å². The lowest BCUT2D eigenvalue weighted by molar-refractivity contribution is 0.249. The highest BCUT2D eigenvalue weighted by Crippen LogP contribution is 2.36. The van der Waals surface area contributed by atoms with E-state index in [1.54, 1.807) is 14.9 Å². The molecule has 23 heavy (non-hydrogen) atoms. The van der Waals surface area contributed by atoms with Crippen LogP contribution in [0.5, 0.6) is 0 Å². The molecule has 0 unspecified atom stereocenters. The van der Waals surface area contributed by atoms with Crippen LogP contribution in [0.15, 0.2) is 22.8 Å². The van der Waals surface area contributed by atoms with Crippen molar-refractivity contribution < 1.29 is 12.8 Å². The van der Waals surface area contributed by atoms with Gasteiger partial charge in [-0.1, -0.05) is 0 Å². The zero-order valence-corrected chi connectivity index (χ0v) is 14.2. The fourth-order valence-electron chi connectivity index (χ4n) is 4.31. The van der Waals surface area contributed by atoms with E-state index in [-0.39, 0.29) is 6.04 Å². The molecule has 0 aromatic carbocycles. The maximum Gasteiger partial charge on any atom is 0.282 e. The largest absolute Gasteiger partial charge is 0.468 e. The average Bonchev–Trinajstić information content (AvgIpc) is 3.25. The first-order valence-electron chi connectivity index (χ1n) is 8.70. The summed E-state index contributed by atoms with van der Waals surface area (Å²) in [5.41, 5.74) is 0. The summed E-state index contributed by atoms with van der Waals surface area (Å²) in [7, 11) is -3.42. The SMILES string of the molecule is O=S(=O)(N1CCCN2CCC[C@H]2C1)N1CCC[C@H]1c1ccco1. The monoisotopic (exact) mass is 339 g/mol. The minimum Gasteiger partial charge on any atom is -0.468 e. The fourth-order valence-corrected chi connectivity index (χ4v) is 6.22. The summed E-state index contributed by atoms with van der Waals surface area (Å²) in [4.78, 5) is 2.46. The molecule has 0 radical (unpaired) electrons. The molecule has 1 aromatic rings. The van der Waals surface area contributed by atoms with E-state index in [1.807, 2.05) is 12.1 Å². The zero-order valence-electron chi connectivity index (χ0n) is 13.4. The van der Waals surface area contributed by atoms with E-state index in [0.29, 0.717) is 25.7 Å². The summed E-state index contributed by atoms with van der Waals surface area (Å²) >= 11 is 0. The Morgan fingerprint density at radius 1 is 1.04 bits per heavy atom. The highest BCUT2D eigenvalue weighted by Gasteiger charge is 2.42. The van der Waals surface area contributed by atoms with Gasteiger partial charge in [-0.15, -0.1) is 0 Å². The van der Waals surface area contributed by atoms with Crippen LogP contribution in [0, 0.1) is 0 Å². The van der Waals surface area contributed by atoms with Gasteiger partial charge in [-0.05, 0) is 57.3 Å². The van der Waals surface area contributed by atoms with E-state index in [2.05, 4.69) is 4.90 Å². The van der Waals surface area contributed by atoms with Crippen molar-refractivity contribution in [2.24, 2.45) is 0 Å². The number of hydrogen-bond donors (Lipinski definition) is 0. The second-order valence-corrected chi connectivity index (χ2v) is 8.72. The molecule has 6 nitrogen and oxygen atoms in total. The molecule has 1 aromatic heterocycles. The molecule has 3 fully saturated rings. The van der Waals surface area contributed by atoms with Crippen LogP contribution < -0.4 is 0 Å². The Balaban J connectivity index is 1.56. The van der Waals surface area contributed by atoms with E-state index >= 15 is 0 Å². The Bertz CT molecular complexity index is 631. The van der Waals surface area contributed by atoms with Crippen LogP contribution in [0.25, 0.3) is 0 Å². The molecule has 4 rings (SSSR count). The molecule has 0 amide bonds. The van der Waals surface area contributed by atoms with Gasteiger partial charge in [-0.3, -0.25) is 4.90 Å². The van der Waals surface area contributed by atoms with Crippen molar-refractivity contribution in [2.45, 2.75) is 44.2 Å². The van der Waals surface area contributed by atoms with Crippen molar-refractivity contribution >= 4 is 10.2 Å². The lowest BCUT2D eigenvalue weighted by Gasteiger charge is -2.31. The number of rotatable bonds is 3. The Morgan fingerprint density at radius 2 is 1.87 bits per heavy atom. The van der Waals surface area contributed by atoms with Crippen LogP contribution >= 0.6 is 0 Å². The fraction of sp³-hybridized carbons (Fsp3) is 0.750. The highest BCUT2D eigenvalue weighted by molar-refractivity contribution is 7.86. The molecule has 3 saturated heterocycles. The van der Waals surface area contributed by atoms with Crippen LogP contribution in [-0.4, -0.2) is 60.7 Å². The van der Waals surface area contributed by atoms with E-state index < -0.39 is 10.2 Å². The Morgan fingerprint density at radius 3 is 2.70 bits per heavy atom. The number of fused-ring (bicyclic) bond motifs is 1. The van der Waals surface area contributed by atoms with Crippen molar-refractivity contribution in [3.8, 4) is 0 Å². The van der Waals surface area contributed by atoms with Gasteiger partial charge in [0.25, 0.3) is 10.2 Å². The predicted octanol–water partition coefficient (Wildman–Crippen LogP) is 1.83. The van der Waals surface area contributed by atoms with E-state index in [1.165, 1.54) is 6.42 Å². The smallest absolute Gasteiger partial charge is 0.282 e. The highest BCUT2D eigenvalue weighted by atomic mass is 32.2. The molecule has 0 aliphatic carbocycles. The summed E-state index contributed by atoms with van der Waals surface area (Å²) in [6, 6.07) is 3.98. The van der Waals surface area contributed by atoms with Gasteiger partial charge in [0, 0.05) is 25.7 Å². The molecule has 0 spiro atoms. The maximum atomic E-state index is 13.2. The standard InChI is InChI=1S/C16H25N3O3S/c20-23(21,18-10-4-9-17-8-1-5-14(17)13-18)19-11-2-6-15(19)16-7-3-12-22-16/h3,7,12,14-15H,1-2,4-6,8-11,13H2/t14-,15-/m0/s1. The zero-order chi connectivity index (χ0) is 15.9. The topological polar surface area (TPSA) is 57.0 Å². The van der Waals surface area contributed by atoms with Gasteiger partial charge in [0.15, 0.2) is 0 Å². The first-order chi connectivity index (χ1) is 11.2. The van der Waals surface area contributed by atoms with Crippen LogP contribution in [0.3, 0.4) is 0 Å². The summed E-state index contributed by atoms with van der Waals surface area (Å²) in [5, 5.41) is 0. The quantitative estimate of drug-likeness (QED) is 0.843. The predicted molar refractivity (Wildman–Crippen MR) is 87.1 cm³/mol. The molecule has 3 aliphatic rings. The van der Waals surface area contributed by atoms with Gasteiger partial charge < -0.3 is 4.42 Å². The number of nitrogens with zero attached hydrogens (tertiary/aromatic N) is 3. The van der Waals surface area contributed by atoms with Crippen molar-refractivity contribution in [3.63, 3.8) is 0 Å². The Kier molecular flexibility index (Phi) is 4.21. The normalized spacial score (nSPS) is 31.3. The van der Waals surface area contributed by atoms with E-state index in [0.717, 1.165) is 44.5 Å². The van der Waals surface area contributed by atoms with Crippen LogP contribution in [0.1, 0.15) is 43.9 Å². The molecule has 128 valence electrons. The summed E-state index contributed by atoms with van der Waals surface area (Å²) in [6.45, 7) is 4.02. The molecule has 0 bridgehead atoms. The third-order valence-electron chi connectivity index (χ3n) is 5.46. The van der Waals surface area contributed by atoms with Crippen LogP contribution in [0.2, 0.25) is 0 Å². The summed E-state index contributed by atoms with van der Waals surface area (Å²) < 4.78 is 35.3. The lowest BCUT2D eigenvalue weighted by atomic mass is 10.2. The number of furan rings is 1. The van der Waals surface area contributed by atoms with Gasteiger partial charge in [0.05, 0.1) is 12.3 Å². The second kappa shape index (κ2) is 6.20. The minimum atomic E-state index is -3.42. The molecule has 2 atom stereocenters. The number of hydrogen-bond acceptors (Lipinski definition) is 4. The van der Waals surface area contributed by atoms with Crippen molar-refractivity contribution in [1.82, 2.24) is 13.5 Å². The van der Waals surface area contributed by atoms with E-state index in [9.17, 15) is 8.42 Å². The van der Waals surface area contributed by atoms with Crippen molar-refractivity contribution in [3.05, 3.63) is 24.2 Å². The van der Waals surface area contributed by atoms with Gasteiger partial charge in [-0.2, -0.15) is 17.0 Å². The average molecular weight is 339 g/mol. The minimum absolute atomic E-state index is 0.141. The second-order valence-electron chi connectivity index (χ2n) is 6.84. The molecule has 3 aliphatic heterocycles. The van der Waals surface area contributed by atoms with Crippen molar-refractivity contribution in [1.29, 1.82) is 0 Å². The van der Waals surface area contributed by atoms with Gasteiger partial charge >= 0.3 is 0 Å². The van der Waals surface area contributed by atoms with Crippen molar-refractivity contribution in [2.75, 3.05) is 32.7 Å². The van der Waals surface area contributed by atoms with Gasteiger partial charge in [0.2, 0.25) is 0 Å². The third kappa shape index (κ3) is 2.84. The maximum absolute atomic E-state index is 13.2. The lowest BCUT2D eigenvalue weighted by Crippen LogP contribution is -2.46. The molecular weight excluding hydrogens is 314 g/mol. The van der Waals surface area contributed by atoms with E-state index in [4.69, 9.17) is 4.42 Å². The third-order valence-corrected chi connectivity index (χ3v) is 7.48. The molecule has 7 heteroatoms. The molecule has 0 N–H and O–H groups in total. The molecular formula is C16H25N3O3S. The molecule has 0 saturated carbocycles. The molecule has 4 heterocycles. The first-order valence-corrected chi connectivity index (χ1v) is 10.1. The van der Waals surface area contributed by atoms with Crippen LogP contribution in [0.4, 0.5) is 0 Å². The van der Waals surface area contributed by atoms with Crippen LogP contribution in [-0.2, 0) is 10.2 Å². The first kappa shape index (κ1) is 15.6. The summed E-state index contributed by atoms with van der Waals surface area (Å²) in [6.07, 6.45) is 6.60. The summed E-state index contributed by atoms with van der Waals surface area (Å²) in [5.74, 6) is 0.767.